The normalized spacial score (nSPS) is 11.0. The Morgan fingerprint density at radius 3 is 2.59 bits per heavy atom. The minimum atomic E-state index is -0.0718. The fourth-order valence-corrected chi connectivity index (χ4v) is 2.55. The summed E-state index contributed by atoms with van der Waals surface area (Å²) >= 11 is 9.41. The van der Waals surface area contributed by atoms with Crippen molar-refractivity contribution in [1.29, 1.82) is 0 Å². The molecule has 0 aromatic carbocycles. The number of hydrogen-bond acceptors (Lipinski definition) is 3. The van der Waals surface area contributed by atoms with Crippen molar-refractivity contribution in [2.75, 3.05) is 6.54 Å². The summed E-state index contributed by atoms with van der Waals surface area (Å²) in [5, 5.41) is 12.0. The first-order chi connectivity index (χ1) is 10.4. The van der Waals surface area contributed by atoms with Gasteiger partial charge in [-0.1, -0.05) is 11.6 Å². The molecule has 0 spiro atoms. The molecular formula is C14H19BrClN5O. The van der Waals surface area contributed by atoms with E-state index in [9.17, 15) is 4.79 Å². The van der Waals surface area contributed by atoms with E-state index < -0.39 is 0 Å². The molecule has 1 N–H and O–H groups in total. The number of rotatable bonds is 6. The molecule has 120 valence electrons. The molecule has 22 heavy (non-hydrogen) atoms. The van der Waals surface area contributed by atoms with Gasteiger partial charge >= 0.3 is 0 Å². The number of carbonyl (C=O) groups is 1. The first kappa shape index (κ1) is 17.0. The van der Waals surface area contributed by atoms with Crippen LogP contribution in [0.3, 0.4) is 0 Å². The summed E-state index contributed by atoms with van der Waals surface area (Å²) in [4.78, 5) is 11.9. The third-order valence-electron chi connectivity index (χ3n) is 3.50. The monoisotopic (exact) mass is 387 g/mol. The van der Waals surface area contributed by atoms with Crippen molar-refractivity contribution in [3.63, 3.8) is 0 Å². The second-order valence-electron chi connectivity index (χ2n) is 5.15. The van der Waals surface area contributed by atoms with Gasteiger partial charge in [0.15, 0.2) is 0 Å². The fourth-order valence-electron chi connectivity index (χ4n) is 2.12. The van der Waals surface area contributed by atoms with Gasteiger partial charge in [0.1, 0.15) is 6.54 Å². The summed E-state index contributed by atoms with van der Waals surface area (Å²) in [5.74, 6) is -0.0718. The predicted octanol–water partition coefficient (Wildman–Crippen LogP) is 2.63. The first-order valence-electron chi connectivity index (χ1n) is 7.04. The lowest BCUT2D eigenvalue weighted by Gasteiger charge is -2.08. The van der Waals surface area contributed by atoms with Gasteiger partial charge in [0.25, 0.3) is 0 Å². The quantitative estimate of drug-likeness (QED) is 0.774. The number of hydrogen-bond donors (Lipinski definition) is 1. The smallest absolute Gasteiger partial charge is 0.241 e. The van der Waals surface area contributed by atoms with Crippen molar-refractivity contribution in [3.8, 4) is 0 Å². The lowest BCUT2D eigenvalue weighted by molar-refractivity contribution is -0.121. The van der Waals surface area contributed by atoms with E-state index in [-0.39, 0.29) is 12.5 Å². The molecule has 0 bridgehead atoms. The summed E-state index contributed by atoms with van der Waals surface area (Å²) in [7, 11) is 0. The minimum Gasteiger partial charge on any atom is -0.354 e. The third kappa shape index (κ3) is 3.89. The summed E-state index contributed by atoms with van der Waals surface area (Å²) in [6.45, 7) is 7.38. The van der Waals surface area contributed by atoms with Crippen LogP contribution in [0, 0.1) is 20.8 Å². The summed E-state index contributed by atoms with van der Waals surface area (Å²) in [6.07, 6.45) is 2.36. The van der Waals surface area contributed by atoms with E-state index in [1.807, 2.05) is 25.5 Å². The molecule has 0 fully saturated rings. The molecular weight excluding hydrogens is 370 g/mol. The number of amides is 1. The van der Waals surface area contributed by atoms with Crippen molar-refractivity contribution < 1.29 is 4.79 Å². The highest BCUT2D eigenvalue weighted by Gasteiger charge is 2.10. The topological polar surface area (TPSA) is 64.7 Å². The molecule has 2 rings (SSSR count). The van der Waals surface area contributed by atoms with Gasteiger partial charge in [-0.2, -0.15) is 10.2 Å². The Morgan fingerprint density at radius 1 is 1.32 bits per heavy atom. The van der Waals surface area contributed by atoms with Crippen LogP contribution in [0.15, 0.2) is 10.7 Å². The van der Waals surface area contributed by atoms with Gasteiger partial charge in [-0.25, -0.2) is 0 Å². The SMILES string of the molecule is Cc1nn(CCCNC(=O)Cn2ncc(Cl)c2C)c(C)c1Br. The standard InChI is InChI=1S/C14H19BrClN5O/c1-9-14(15)11(3)20(19-9)6-4-5-17-13(22)8-21-10(2)12(16)7-18-21/h7H,4-6,8H2,1-3H3,(H,17,22). The maximum Gasteiger partial charge on any atom is 0.241 e. The van der Waals surface area contributed by atoms with Crippen molar-refractivity contribution in [1.82, 2.24) is 24.9 Å². The summed E-state index contributed by atoms with van der Waals surface area (Å²) in [5.41, 5.74) is 2.88. The van der Waals surface area contributed by atoms with Gasteiger partial charge in [-0.3, -0.25) is 14.2 Å². The van der Waals surface area contributed by atoms with Gasteiger partial charge in [-0.05, 0) is 43.1 Å². The highest BCUT2D eigenvalue weighted by Crippen LogP contribution is 2.19. The maximum absolute atomic E-state index is 11.9. The maximum atomic E-state index is 11.9. The van der Waals surface area contributed by atoms with E-state index in [1.165, 1.54) is 0 Å². The highest BCUT2D eigenvalue weighted by molar-refractivity contribution is 9.10. The second kappa shape index (κ2) is 7.28. The average Bonchev–Trinajstić information content (AvgIpc) is 2.92. The average molecular weight is 389 g/mol. The number of carbonyl (C=O) groups excluding carboxylic acids is 1. The number of nitrogens with one attached hydrogen (secondary N) is 1. The molecule has 0 unspecified atom stereocenters. The third-order valence-corrected chi connectivity index (χ3v) is 5.02. The van der Waals surface area contributed by atoms with Crippen molar-refractivity contribution >= 4 is 33.4 Å². The molecule has 1 amide bonds. The van der Waals surface area contributed by atoms with E-state index in [0.717, 1.165) is 34.5 Å². The Hall–Kier alpha value is -1.34. The van der Waals surface area contributed by atoms with E-state index in [4.69, 9.17) is 11.6 Å². The second-order valence-corrected chi connectivity index (χ2v) is 6.35. The fraction of sp³-hybridized carbons (Fsp3) is 0.500. The first-order valence-corrected chi connectivity index (χ1v) is 8.21. The van der Waals surface area contributed by atoms with Crippen LogP contribution in [-0.2, 0) is 17.9 Å². The Bertz CT molecular complexity index is 679. The minimum absolute atomic E-state index is 0.0718. The Morgan fingerprint density at radius 2 is 2.05 bits per heavy atom. The Labute approximate surface area is 143 Å². The molecule has 0 saturated heterocycles. The van der Waals surface area contributed by atoms with Gasteiger partial charge < -0.3 is 5.32 Å². The van der Waals surface area contributed by atoms with Crippen LogP contribution in [0.2, 0.25) is 5.02 Å². The van der Waals surface area contributed by atoms with Crippen LogP contribution in [0.5, 0.6) is 0 Å². The molecule has 0 aliphatic carbocycles. The van der Waals surface area contributed by atoms with Crippen LogP contribution >= 0.6 is 27.5 Å². The van der Waals surface area contributed by atoms with Gasteiger partial charge in [-0.15, -0.1) is 0 Å². The molecule has 0 radical (unpaired) electrons. The van der Waals surface area contributed by atoms with Gasteiger partial charge in [0, 0.05) is 18.8 Å². The van der Waals surface area contributed by atoms with Crippen LogP contribution in [0.25, 0.3) is 0 Å². The molecule has 6 nitrogen and oxygen atoms in total. The summed E-state index contributed by atoms with van der Waals surface area (Å²) < 4.78 is 4.58. The number of aryl methyl sites for hydroxylation is 2. The molecule has 8 heteroatoms. The van der Waals surface area contributed by atoms with E-state index in [0.29, 0.717) is 11.6 Å². The van der Waals surface area contributed by atoms with E-state index in [1.54, 1.807) is 10.9 Å². The van der Waals surface area contributed by atoms with Gasteiger partial charge in [0.05, 0.1) is 27.1 Å². The molecule has 2 aromatic heterocycles. The number of aromatic nitrogens is 4. The van der Waals surface area contributed by atoms with Crippen LogP contribution in [-0.4, -0.2) is 32.0 Å². The molecule has 0 saturated carbocycles. The Balaban J connectivity index is 1.75. The molecule has 2 aromatic rings. The number of nitrogens with zero attached hydrogens (tertiary/aromatic N) is 4. The predicted molar refractivity (Wildman–Crippen MR) is 89.0 cm³/mol. The van der Waals surface area contributed by atoms with Crippen molar-refractivity contribution in [2.24, 2.45) is 0 Å². The zero-order valence-corrected chi connectivity index (χ0v) is 15.2. The van der Waals surface area contributed by atoms with Crippen molar-refractivity contribution in [3.05, 3.63) is 32.8 Å². The van der Waals surface area contributed by atoms with Crippen LogP contribution in [0.1, 0.15) is 23.5 Å². The molecule has 0 aliphatic rings. The highest BCUT2D eigenvalue weighted by atomic mass is 79.9. The van der Waals surface area contributed by atoms with E-state index in [2.05, 4.69) is 31.4 Å². The van der Waals surface area contributed by atoms with Crippen LogP contribution < -0.4 is 5.32 Å². The zero-order valence-electron chi connectivity index (χ0n) is 12.9. The largest absolute Gasteiger partial charge is 0.354 e. The van der Waals surface area contributed by atoms with Crippen LogP contribution in [0.4, 0.5) is 0 Å². The van der Waals surface area contributed by atoms with Gasteiger partial charge in [0.2, 0.25) is 5.91 Å². The molecule has 2 heterocycles. The van der Waals surface area contributed by atoms with Crippen molar-refractivity contribution in [2.45, 2.75) is 40.3 Å². The molecule has 0 atom stereocenters. The Kier molecular flexibility index (Phi) is 5.63. The van der Waals surface area contributed by atoms with E-state index >= 15 is 0 Å². The zero-order chi connectivity index (χ0) is 16.3. The lowest BCUT2D eigenvalue weighted by atomic mass is 10.3. The lowest BCUT2D eigenvalue weighted by Crippen LogP contribution is -2.29. The summed E-state index contributed by atoms with van der Waals surface area (Å²) in [6, 6.07) is 0. The number of halogens is 2. The molecule has 0 aliphatic heterocycles.